The molecule has 0 spiro atoms. The maximum Gasteiger partial charge on any atom is 0.246 e. The highest BCUT2D eigenvalue weighted by molar-refractivity contribution is 5.94. The monoisotopic (exact) mass is 488 g/mol. The second kappa shape index (κ2) is 10.00. The Hall–Kier alpha value is -4.52. The third-order valence-corrected chi connectivity index (χ3v) is 6.19. The molecule has 10 heteroatoms. The summed E-state index contributed by atoms with van der Waals surface area (Å²) in [6.07, 6.45) is 4.89. The van der Waals surface area contributed by atoms with Crippen LogP contribution in [0.1, 0.15) is 23.6 Å². The molecule has 0 saturated carbocycles. The van der Waals surface area contributed by atoms with Gasteiger partial charge < -0.3 is 29.6 Å². The number of amides is 2. The number of carbonyl (C=O) groups excluding carboxylic acids is 2. The number of hydrogen-bond donors (Lipinski definition) is 1. The van der Waals surface area contributed by atoms with E-state index >= 15 is 0 Å². The lowest BCUT2D eigenvalue weighted by molar-refractivity contribution is -0.139. The van der Waals surface area contributed by atoms with E-state index in [1.807, 2.05) is 22.9 Å². The molecule has 2 aromatic heterocycles. The number of likely N-dealkylation sites (tertiary alicyclic amines) is 1. The fourth-order valence-electron chi connectivity index (χ4n) is 4.41. The molecule has 2 amide bonds. The molecule has 186 valence electrons. The lowest BCUT2D eigenvalue weighted by Gasteiger charge is -2.24. The summed E-state index contributed by atoms with van der Waals surface area (Å²) in [4.78, 5) is 37.0. The molecule has 1 fully saturated rings. The van der Waals surface area contributed by atoms with Crippen LogP contribution in [0.2, 0.25) is 0 Å². The summed E-state index contributed by atoms with van der Waals surface area (Å²) in [6, 6.07) is 4.56. The Morgan fingerprint density at radius 2 is 1.86 bits per heavy atom. The summed E-state index contributed by atoms with van der Waals surface area (Å²) in [7, 11) is 6.50. The topological polar surface area (TPSA) is 116 Å². The number of fused-ring (bicyclic) bond motifs is 1. The Morgan fingerprint density at radius 3 is 2.47 bits per heavy atom. The van der Waals surface area contributed by atoms with E-state index in [1.54, 1.807) is 39.3 Å². The Balaban J connectivity index is 1.78. The Labute approximate surface area is 209 Å². The van der Waals surface area contributed by atoms with Crippen molar-refractivity contribution in [3.63, 3.8) is 0 Å². The van der Waals surface area contributed by atoms with E-state index < -0.39 is 6.04 Å². The average Bonchev–Trinajstić information content (AvgIpc) is 3.49. The zero-order valence-electron chi connectivity index (χ0n) is 20.7. The van der Waals surface area contributed by atoms with E-state index in [4.69, 9.17) is 15.2 Å². The molecule has 4 rings (SSSR count). The van der Waals surface area contributed by atoms with Crippen LogP contribution in [-0.4, -0.2) is 77.1 Å². The van der Waals surface area contributed by atoms with Gasteiger partial charge in [0.15, 0.2) is 0 Å². The van der Waals surface area contributed by atoms with E-state index in [0.717, 1.165) is 0 Å². The lowest BCUT2D eigenvalue weighted by atomic mass is 10.1. The smallest absolute Gasteiger partial charge is 0.246 e. The lowest BCUT2D eigenvalue weighted by Crippen LogP contribution is -2.44. The molecule has 0 radical (unpaired) electrons. The molecule has 3 heterocycles. The van der Waals surface area contributed by atoms with Crippen molar-refractivity contribution in [2.45, 2.75) is 18.5 Å². The van der Waals surface area contributed by atoms with E-state index in [9.17, 15) is 9.59 Å². The van der Waals surface area contributed by atoms with Gasteiger partial charge in [0.05, 0.1) is 31.2 Å². The predicted molar refractivity (Wildman–Crippen MR) is 136 cm³/mol. The van der Waals surface area contributed by atoms with Crippen molar-refractivity contribution in [2.75, 3.05) is 40.6 Å². The van der Waals surface area contributed by atoms with Gasteiger partial charge in [-0.15, -0.1) is 0 Å². The molecular weight excluding hydrogens is 460 g/mol. The van der Waals surface area contributed by atoms with Crippen LogP contribution in [0.4, 0.5) is 5.82 Å². The first-order valence-corrected chi connectivity index (χ1v) is 11.3. The summed E-state index contributed by atoms with van der Waals surface area (Å²) in [5, 5.41) is 0.615. The number of nitrogens with two attached hydrogens (primary N) is 1. The highest BCUT2D eigenvalue weighted by Gasteiger charge is 2.40. The van der Waals surface area contributed by atoms with Crippen LogP contribution in [0.5, 0.6) is 11.5 Å². The first-order chi connectivity index (χ1) is 17.3. The molecule has 36 heavy (non-hydrogen) atoms. The second-order valence-electron chi connectivity index (χ2n) is 8.59. The Morgan fingerprint density at radius 1 is 1.17 bits per heavy atom. The molecule has 1 aromatic carbocycles. The number of rotatable bonds is 5. The Bertz CT molecular complexity index is 1380. The van der Waals surface area contributed by atoms with Gasteiger partial charge in [-0.25, -0.2) is 9.97 Å². The second-order valence-corrected chi connectivity index (χ2v) is 8.59. The zero-order chi connectivity index (χ0) is 26.0. The molecule has 0 aliphatic carbocycles. The molecule has 2 N–H and O–H groups in total. The van der Waals surface area contributed by atoms with Gasteiger partial charge in [0.25, 0.3) is 0 Å². The van der Waals surface area contributed by atoms with Gasteiger partial charge in [-0.3, -0.25) is 9.59 Å². The predicted octanol–water partition coefficient (Wildman–Crippen LogP) is 1.85. The van der Waals surface area contributed by atoms with Gasteiger partial charge in [0.2, 0.25) is 11.8 Å². The summed E-state index contributed by atoms with van der Waals surface area (Å²) in [5.74, 6) is 7.41. The average molecular weight is 489 g/mol. The number of anilines is 1. The van der Waals surface area contributed by atoms with Gasteiger partial charge in [-0.2, -0.15) is 0 Å². The fourth-order valence-corrected chi connectivity index (χ4v) is 4.41. The van der Waals surface area contributed by atoms with Crippen molar-refractivity contribution in [1.29, 1.82) is 0 Å². The molecule has 1 aliphatic rings. The van der Waals surface area contributed by atoms with E-state index in [2.05, 4.69) is 28.4 Å². The zero-order valence-corrected chi connectivity index (χ0v) is 20.7. The van der Waals surface area contributed by atoms with Crippen LogP contribution in [-0.2, 0) is 9.59 Å². The summed E-state index contributed by atoms with van der Waals surface area (Å²) < 4.78 is 12.6. The summed E-state index contributed by atoms with van der Waals surface area (Å²) in [5.41, 5.74) is 8.15. The summed E-state index contributed by atoms with van der Waals surface area (Å²) >= 11 is 0. The number of nitrogen functional groups attached to an aromatic ring is 1. The summed E-state index contributed by atoms with van der Waals surface area (Å²) in [6.45, 7) is 3.91. The van der Waals surface area contributed by atoms with Gasteiger partial charge in [-0.1, -0.05) is 18.4 Å². The minimum absolute atomic E-state index is 0.148. The van der Waals surface area contributed by atoms with Gasteiger partial charge in [-0.05, 0) is 24.6 Å². The van der Waals surface area contributed by atoms with Crippen LogP contribution in [0, 0.1) is 11.8 Å². The number of benzene rings is 1. The fraction of sp³-hybridized carbons (Fsp3) is 0.308. The van der Waals surface area contributed by atoms with Crippen molar-refractivity contribution in [1.82, 2.24) is 24.3 Å². The number of ether oxygens (including phenoxy) is 2. The highest BCUT2D eigenvalue weighted by atomic mass is 16.5. The molecule has 10 nitrogen and oxygen atoms in total. The van der Waals surface area contributed by atoms with Crippen LogP contribution >= 0.6 is 0 Å². The van der Waals surface area contributed by atoms with E-state index in [1.165, 1.54) is 17.3 Å². The van der Waals surface area contributed by atoms with Crippen LogP contribution in [0.15, 0.2) is 43.4 Å². The largest absolute Gasteiger partial charge is 0.497 e. The molecule has 0 unspecified atom stereocenters. The quantitative estimate of drug-likeness (QED) is 0.430. The van der Waals surface area contributed by atoms with E-state index in [-0.39, 0.29) is 17.9 Å². The van der Waals surface area contributed by atoms with Crippen LogP contribution in [0.25, 0.3) is 11.0 Å². The van der Waals surface area contributed by atoms with Gasteiger partial charge >= 0.3 is 0 Å². The van der Waals surface area contributed by atoms with Gasteiger partial charge in [0, 0.05) is 38.5 Å². The molecule has 1 saturated heterocycles. The van der Waals surface area contributed by atoms with Crippen molar-refractivity contribution in [3.05, 3.63) is 54.5 Å². The number of aromatic nitrogens is 3. The number of likely N-dealkylation sites (N-methyl/N-ethyl adjacent to an activating group) is 1. The minimum atomic E-state index is -0.606. The van der Waals surface area contributed by atoms with Crippen LogP contribution in [0.3, 0.4) is 0 Å². The molecule has 0 bridgehead atoms. The number of hydrogen-bond acceptors (Lipinski definition) is 7. The molecular formula is C26H28N6O4. The molecule has 3 aromatic rings. The highest BCUT2D eigenvalue weighted by Crippen LogP contribution is 2.34. The maximum absolute atomic E-state index is 12.8. The number of carbonyl (C=O) groups is 2. The molecule has 1 aliphatic heterocycles. The SMILES string of the molecule is C=CC(=O)N1C[C@@H](n2cc(C#Cc3cc(OC)cc(OC)c3)c3c(N)ncnc32)C[C@H]1C(=O)N(C)C. The van der Waals surface area contributed by atoms with Gasteiger partial charge in [0.1, 0.15) is 35.3 Å². The standard InChI is InChI=1S/C26H28N6O4/c1-6-22(33)32-14-18(11-21(32)26(34)30(2)3)31-13-17(23-24(27)28-15-29-25(23)31)8-7-16-9-19(35-4)12-20(10-16)36-5/h6,9-10,12-13,15,18,21H,1,11,14H2,2-5H3,(H2,27,28,29)/t18-,21-/m0/s1. The Kier molecular flexibility index (Phi) is 6.83. The molecule has 2 atom stereocenters. The number of nitrogens with zero attached hydrogens (tertiary/aromatic N) is 5. The van der Waals surface area contributed by atoms with Crippen LogP contribution < -0.4 is 15.2 Å². The minimum Gasteiger partial charge on any atom is -0.497 e. The maximum atomic E-state index is 12.8. The first kappa shape index (κ1) is 24.6. The number of methoxy groups -OCH3 is 2. The van der Waals surface area contributed by atoms with Crippen molar-refractivity contribution < 1.29 is 19.1 Å². The van der Waals surface area contributed by atoms with Crippen molar-refractivity contribution in [3.8, 4) is 23.3 Å². The third kappa shape index (κ3) is 4.55. The third-order valence-electron chi connectivity index (χ3n) is 6.19. The normalized spacial score (nSPS) is 16.8. The van der Waals surface area contributed by atoms with E-state index in [0.29, 0.717) is 52.4 Å². The van der Waals surface area contributed by atoms with Crippen molar-refractivity contribution in [2.24, 2.45) is 0 Å². The van der Waals surface area contributed by atoms with Crippen molar-refractivity contribution >= 4 is 28.7 Å². The first-order valence-electron chi connectivity index (χ1n) is 11.3.